The molecule has 0 saturated carbocycles. The molecule has 0 saturated heterocycles. The lowest BCUT2D eigenvalue weighted by atomic mass is 10.2. The van der Waals surface area contributed by atoms with Crippen molar-refractivity contribution < 1.29 is 26.7 Å². The van der Waals surface area contributed by atoms with Crippen molar-refractivity contribution in [3.05, 3.63) is 29.6 Å². The largest absolute Gasteiger partial charge is 0.455 e. The second-order valence-electron chi connectivity index (χ2n) is 3.88. The second kappa shape index (κ2) is 6.25. The molecule has 19 heavy (non-hydrogen) atoms. The Bertz CT molecular complexity index is 391. The van der Waals surface area contributed by atoms with Crippen molar-refractivity contribution in [2.24, 2.45) is 0 Å². The minimum absolute atomic E-state index is 0.290. The third-order valence-electron chi connectivity index (χ3n) is 2.21. The maximum atomic E-state index is 12.5. The molecule has 3 nitrogen and oxygen atoms in total. The molecular formula is C11H13F5N2O. The molecule has 1 heterocycles. The number of rotatable bonds is 6. The third kappa shape index (κ3) is 4.71. The summed E-state index contributed by atoms with van der Waals surface area (Å²) in [5, 5.41) is 2.89. The van der Waals surface area contributed by atoms with Crippen molar-refractivity contribution in [1.29, 1.82) is 0 Å². The summed E-state index contributed by atoms with van der Waals surface area (Å²) in [6.07, 6.45) is -4.10. The maximum Gasteiger partial charge on any atom is 0.455 e. The molecule has 0 bridgehead atoms. The van der Waals surface area contributed by atoms with Gasteiger partial charge in [0.25, 0.3) is 0 Å². The molecule has 8 heteroatoms. The SMILES string of the molecule is CNCc1ccc(COCC(F)(F)C(F)(F)F)nc1. The van der Waals surface area contributed by atoms with E-state index < -0.39 is 25.3 Å². The molecule has 0 aliphatic rings. The van der Waals surface area contributed by atoms with Gasteiger partial charge in [-0.2, -0.15) is 22.0 Å². The van der Waals surface area contributed by atoms with E-state index in [9.17, 15) is 22.0 Å². The van der Waals surface area contributed by atoms with Crippen LogP contribution in [0.15, 0.2) is 18.3 Å². The Balaban J connectivity index is 2.45. The molecule has 0 amide bonds. The Morgan fingerprint density at radius 2 is 1.89 bits per heavy atom. The van der Waals surface area contributed by atoms with E-state index in [1.54, 1.807) is 13.1 Å². The van der Waals surface area contributed by atoms with Crippen LogP contribution in [0.2, 0.25) is 0 Å². The van der Waals surface area contributed by atoms with Crippen molar-refractivity contribution in [3.8, 4) is 0 Å². The Morgan fingerprint density at radius 1 is 1.21 bits per heavy atom. The molecule has 1 rings (SSSR count). The van der Waals surface area contributed by atoms with Crippen LogP contribution >= 0.6 is 0 Å². The molecule has 0 atom stereocenters. The van der Waals surface area contributed by atoms with Crippen molar-refractivity contribution >= 4 is 0 Å². The predicted octanol–water partition coefficient (Wildman–Crippen LogP) is 2.52. The number of pyridine rings is 1. The van der Waals surface area contributed by atoms with Gasteiger partial charge >= 0.3 is 12.1 Å². The third-order valence-corrected chi connectivity index (χ3v) is 2.21. The van der Waals surface area contributed by atoms with Gasteiger partial charge in [0.15, 0.2) is 0 Å². The zero-order chi connectivity index (χ0) is 14.5. The molecule has 0 aliphatic heterocycles. The van der Waals surface area contributed by atoms with E-state index in [0.717, 1.165) is 5.56 Å². The molecular weight excluding hydrogens is 271 g/mol. The van der Waals surface area contributed by atoms with Gasteiger partial charge < -0.3 is 10.1 Å². The summed E-state index contributed by atoms with van der Waals surface area (Å²) in [4.78, 5) is 3.89. The first-order valence-electron chi connectivity index (χ1n) is 5.37. The zero-order valence-electron chi connectivity index (χ0n) is 10.1. The second-order valence-corrected chi connectivity index (χ2v) is 3.88. The number of nitrogens with zero attached hydrogens (tertiary/aromatic N) is 1. The molecule has 0 radical (unpaired) electrons. The fourth-order valence-corrected chi connectivity index (χ4v) is 1.21. The van der Waals surface area contributed by atoms with E-state index >= 15 is 0 Å². The Labute approximate surface area is 106 Å². The molecule has 108 valence electrons. The van der Waals surface area contributed by atoms with Gasteiger partial charge in [-0.05, 0) is 18.7 Å². The lowest BCUT2D eigenvalue weighted by Gasteiger charge is -2.19. The number of hydrogen-bond acceptors (Lipinski definition) is 3. The predicted molar refractivity (Wildman–Crippen MR) is 57.7 cm³/mol. The Kier molecular flexibility index (Phi) is 5.19. The first-order chi connectivity index (χ1) is 8.76. The number of nitrogens with one attached hydrogen (secondary N) is 1. The van der Waals surface area contributed by atoms with E-state index in [-0.39, 0.29) is 5.69 Å². The Morgan fingerprint density at radius 3 is 2.37 bits per heavy atom. The lowest BCUT2D eigenvalue weighted by molar-refractivity contribution is -0.297. The van der Waals surface area contributed by atoms with Gasteiger partial charge in [0.1, 0.15) is 6.61 Å². The molecule has 0 unspecified atom stereocenters. The zero-order valence-corrected chi connectivity index (χ0v) is 10.1. The summed E-state index contributed by atoms with van der Waals surface area (Å²) in [6, 6.07) is 3.20. The molecule has 1 aromatic rings. The van der Waals surface area contributed by atoms with Crippen molar-refractivity contribution in [2.45, 2.75) is 25.3 Å². The molecule has 0 fully saturated rings. The maximum absolute atomic E-state index is 12.5. The van der Waals surface area contributed by atoms with Crippen LogP contribution in [0.5, 0.6) is 0 Å². The highest BCUT2D eigenvalue weighted by molar-refractivity contribution is 5.13. The van der Waals surface area contributed by atoms with Gasteiger partial charge in [-0.1, -0.05) is 6.07 Å². The molecule has 1 N–H and O–H groups in total. The van der Waals surface area contributed by atoms with E-state index in [2.05, 4.69) is 15.0 Å². The van der Waals surface area contributed by atoms with Crippen LogP contribution in [0.1, 0.15) is 11.3 Å². The smallest absolute Gasteiger partial charge is 0.369 e. The van der Waals surface area contributed by atoms with Gasteiger partial charge in [-0.3, -0.25) is 4.98 Å². The van der Waals surface area contributed by atoms with Gasteiger partial charge in [0.2, 0.25) is 0 Å². The fraction of sp³-hybridized carbons (Fsp3) is 0.545. The molecule has 0 aliphatic carbocycles. The van der Waals surface area contributed by atoms with E-state index in [0.29, 0.717) is 6.54 Å². The van der Waals surface area contributed by atoms with Crippen LogP contribution in [0.3, 0.4) is 0 Å². The van der Waals surface area contributed by atoms with Crippen LogP contribution in [0.25, 0.3) is 0 Å². The summed E-state index contributed by atoms with van der Waals surface area (Å²) < 4.78 is 64.9. The van der Waals surface area contributed by atoms with Crippen LogP contribution in [-0.4, -0.2) is 30.7 Å². The van der Waals surface area contributed by atoms with Crippen molar-refractivity contribution in [3.63, 3.8) is 0 Å². The quantitative estimate of drug-likeness (QED) is 0.815. The topological polar surface area (TPSA) is 34.1 Å². The first kappa shape index (κ1) is 15.8. The van der Waals surface area contributed by atoms with Gasteiger partial charge in [-0.25, -0.2) is 0 Å². The van der Waals surface area contributed by atoms with Crippen LogP contribution in [-0.2, 0) is 17.9 Å². The number of hydrogen-bond donors (Lipinski definition) is 1. The highest BCUT2D eigenvalue weighted by Gasteiger charge is 2.57. The van der Waals surface area contributed by atoms with E-state index in [1.807, 2.05) is 0 Å². The summed E-state index contributed by atoms with van der Waals surface area (Å²) in [6.45, 7) is -1.53. The van der Waals surface area contributed by atoms with E-state index in [4.69, 9.17) is 0 Å². The normalized spacial score (nSPS) is 12.7. The van der Waals surface area contributed by atoms with Gasteiger partial charge in [0.05, 0.1) is 12.3 Å². The summed E-state index contributed by atoms with van der Waals surface area (Å²) in [5.74, 6) is -4.85. The number of alkyl halides is 5. The molecule has 0 aromatic carbocycles. The minimum atomic E-state index is -5.60. The fourth-order valence-electron chi connectivity index (χ4n) is 1.21. The number of halogens is 5. The Hall–Kier alpha value is -1.28. The van der Waals surface area contributed by atoms with E-state index in [1.165, 1.54) is 12.3 Å². The first-order valence-corrected chi connectivity index (χ1v) is 5.37. The summed E-state index contributed by atoms with van der Waals surface area (Å²) >= 11 is 0. The van der Waals surface area contributed by atoms with Crippen LogP contribution in [0.4, 0.5) is 22.0 Å². The van der Waals surface area contributed by atoms with Crippen molar-refractivity contribution in [1.82, 2.24) is 10.3 Å². The van der Waals surface area contributed by atoms with Crippen LogP contribution < -0.4 is 5.32 Å². The molecule has 1 aromatic heterocycles. The van der Waals surface area contributed by atoms with Gasteiger partial charge in [0, 0.05) is 12.7 Å². The average molecular weight is 284 g/mol. The highest BCUT2D eigenvalue weighted by atomic mass is 19.4. The van der Waals surface area contributed by atoms with Gasteiger partial charge in [-0.15, -0.1) is 0 Å². The monoisotopic (exact) mass is 284 g/mol. The summed E-state index contributed by atoms with van der Waals surface area (Å²) in [7, 11) is 1.75. The number of aromatic nitrogens is 1. The van der Waals surface area contributed by atoms with Crippen molar-refractivity contribution in [2.75, 3.05) is 13.7 Å². The average Bonchev–Trinajstić information content (AvgIpc) is 2.30. The number of ether oxygens (including phenoxy) is 1. The summed E-state index contributed by atoms with van der Waals surface area (Å²) in [5.41, 5.74) is 1.16. The highest BCUT2D eigenvalue weighted by Crippen LogP contribution is 2.35. The standard InChI is InChI=1S/C11H13F5N2O/c1-17-4-8-2-3-9(18-5-8)6-19-7-10(12,13)11(14,15)16/h2-3,5,17H,4,6-7H2,1H3. The lowest BCUT2D eigenvalue weighted by Crippen LogP contribution is -2.40. The van der Waals surface area contributed by atoms with Crippen LogP contribution in [0, 0.1) is 0 Å². The minimum Gasteiger partial charge on any atom is -0.369 e. The molecule has 0 spiro atoms.